The van der Waals surface area contributed by atoms with E-state index < -0.39 is 0 Å². The summed E-state index contributed by atoms with van der Waals surface area (Å²) in [6.45, 7) is 8.09. The lowest BCUT2D eigenvalue weighted by Gasteiger charge is -2.41. The van der Waals surface area contributed by atoms with E-state index in [2.05, 4.69) is 56.9 Å². The van der Waals surface area contributed by atoms with Gasteiger partial charge in [0.1, 0.15) is 0 Å². The van der Waals surface area contributed by atoms with Crippen molar-refractivity contribution in [3.8, 4) is 0 Å². The highest BCUT2D eigenvalue weighted by Gasteiger charge is 2.30. The highest BCUT2D eigenvalue weighted by Crippen LogP contribution is 2.31. The van der Waals surface area contributed by atoms with Gasteiger partial charge in [0.2, 0.25) is 0 Å². The molecule has 1 heterocycles. The molecule has 1 aliphatic carbocycles. The topological polar surface area (TPSA) is 32.5 Å². The molecule has 1 saturated carbocycles. The van der Waals surface area contributed by atoms with Crippen molar-refractivity contribution in [1.29, 1.82) is 0 Å². The second-order valence-corrected chi connectivity index (χ2v) is 7.55. The minimum atomic E-state index is 0.154. The van der Waals surface area contributed by atoms with Gasteiger partial charge in [-0.3, -0.25) is 4.90 Å². The summed E-state index contributed by atoms with van der Waals surface area (Å²) in [5, 5.41) is 0. The first-order valence-corrected chi connectivity index (χ1v) is 8.90. The molecular formula is C17H26BrN3. The second-order valence-electron chi connectivity index (χ2n) is 6.64. The average Bonchev–Trinajstić information content (AvgIpc) is 3.27. The maximum Gasteiger partial charge on any atom is 0.0497 e. The molecule has 21 heavy (non-hydrogen) atoms. The van der Waals surface area contributed by atoms with Crippen molar-refractivity contribution in [2.75, 3.05) is 32.7 Å². The van der Waals surface area contributed by atoms with E-state index in [1.165, 1.54) is 38.0 Å². The Kier molecular flexibility index (Phi) is 4.99. The van der Waals surface area contributed by atoms with E-state index in [1.54, 1.807) is 0 Å². The molecular weight excluding hydrogens is 326 g/mol. The number of hydrogen-bond acceptors (Lipinski definition) is 3. The lowest BCUT2D eigenvalue weighted by atomic mass is 9.98. The molecule has 1 aromatic carbocycles. The van der Waals surface area contributed by atoms with E-state index in [4.69, 9.17) is 5.73 Å². The van der Waals surface area contributed by atoms with Crippen LogP contribution >= 0.6 is 15.9 Å². The van der Waals surface area contributed by atoms with Crippen LogP contribution < -0.4 is 5.73 Å². The van der Waals surface area contributed by atoms with Crippen LogP contribution in [-0.4, -0.2) is 48.6 Å². The molecule has 0 aromatic heterocycles. The van der Waals surface area contributed by atoms with Crippen LogP contribution in [0, 0.1) is 5.92 Å². The van der Waals surface area contributed by atoms with Crippen molar-refractivity contribution in [2.24, 2.45) is 11.7 Å². The fourth-order valence-electron chi connectivity index (χ4n) is 3.40. The monoisotopic (exact) mass is 351 g/mol. The predicted octanol–water partition coefficient (Wildman–Crippen LogP) is 2.87. The van der Waals surface area contributed by atoms with Gasteiger partial charge in [-0.25, -0.2) is 0 Å². The zero-order chi connectivity index (χ0) is 14.8. The Balaban J connectivity index is 1.63. The van der Waals surface area contributed by atoms with Crippen molar-refractivity contribution < 1.29 is 0 Å². The van der Waals surface area contributed by atoms with E-state index in [9.17, 15) is 0 Å². The van der Waals surface area contributed by atoms with Crippen LogP contribution in [0.4, 0.5) is 0 Å². The van der Waals surface area contributed by atoms with Crippen molar-refractivity contribution in [2.45, 2.75) is 31.8 Å². The second kappa shape index (κ2) is 6.78. The zero-order valence-corrected chi connectivity index (χ0v) is 14.4. The quantitative estimate of drug-likeness (QED) is 0.885. The molecule has 0 radical (unpaired) electrons. The standard InChI is InChI=1S/C17H26BrN3/c1-13(19)17(15-4-6-16(18)7-5-15)21-10-8-20(9-11-21)12-14-2-3-14/h4-7,13-14,17H,2-3,8-12,19H2,1H3. The minimum absolute atomic E-state index is 0.154. The van der Waals surface area contributed by atoms with Crippen LogP contribution in [0.5, 0.6) is 0 Å². The van der Waals surface area contributed by atoms with E-state index in [0.717, 1.165) is 23.5 Å². The van der Waals surface area contributed by atoms with Crippen LogP contribution in [0.3, 0.4) is 0 Å². The number of nitrogens with zero attached hydrogens (tertiary/aromatic N) is 2. The summed E-state index contributed by atoms with van der Waals surface area (Å²) in [5.74, 6) is 0.993. The summed E-state index contributed by atoms with van der Waals surface area (Å²) < 4.78 is 1.13. The molecule has 3 rings (SSSR count). The van der Waals surface area contributed by atoms with E-state index in [0.29, 0.717) is 6.04 Å². The normalized spacial score (nSPS) is 24.0. The Hall–Kier alpha value is -0.420. The maximum atomic E-state index is 6.30. The molecule has 2 fully saturated rings. The van der Waals surface area contributed by atoms with Crippen molar-refractivity contribution in [1.82, 2.24) is 9.80 Å². The highest BCUT2D eigenvalue weighted by atomic mass is 79.9. The Morgan fingerprint density at radius 3 is 2.29 bits per heavy atom. The van der Waals surface area contributed by atoms with Crippen molar-refractivity contribution >= 4 is 15.9 Å². The first kappa shape index (κ1) is 15.5. The van der Waals surface area contributed by atoms with E-state index in [1.807, 2.05) is 0 Å². The van der Waals surface area contributed by atoms with E-state index in [-0.39, 0.29) is 6.04 Å². The van der Waals surface area contributed by atoms with Crippen LogP contribution in [0.2, 0.25) is 0 Å². The lowest BCUT2D eigenvalue weighted by Crippen LogP contribution is -2.51. The van der Waals surface area contributed by atoms with E-state index >= 15 is 0 Å². The van der Waals surface area contributed by atoms with Crippen LogP contribution in [0.15, 0.2) is 28.7 Å². The van der Waals surface area contributed by atoms with Gasteiger partial charge < -0.3 is 10.6 Å². The van der Waals surface area contributed by atoms with Gasteiger partial charge in [0.15, 0.2) is 0 Å². The summed E-state index contributed by atoms with van der Waals surface area (Å²) in [5.41, 5.74) is 7.63. The molecule has 4 heteroatoms. The molecule has 2 unspecified atom stereocenters. The summed E-state index contributed by atoms with van der Waals surface area (Å²) in [6.07, 6.45) is 2.89. The third kappa shape index (κ3) is 4.07. The van der Waals surface area contributed by atoms with Crippen LogP contribution in [-0.2, 0) is 0 Å². The zero-order valence-electron chi connectivity index (χ0n) is 12.8. The Morgan fingerprint density at radius 2 is 1.76 bits per heavy atom. The molecule has 1 saturated heterocycles. The van der Waals surface area contributed by atoms with Gasteiger partial charge in [-0.15, -0.1) is 0 Å². The summed E-state index contributed by atoms with van der Waals surface area (Å²) in [7, 11) is 0. The van der Waals surface area contributed by atoms with Gasteiger partial charge in [-0.2, -0.15) is 0 Å². The average molecular weight is 352 g/mol. The number of halogens is 1. The van der Waals surface area contributed by atoms with Gasteiger partial charge in [0.25, 0.3) is 0 Å². The third-order valence-corrected chi connectivity index (χ3v) is 5.25. The highest BCUT2D eigenvalue weighted by molar-refractivity contribution is 9.10. The van der Waals surface area contributed by atoms with Gasteiger partial charge in [-0.05, 0) is 43.4 Å². The smallest absolute Gasteiger partial charge is 0.0497 e. The van der Waals surface area contributed by atoms with Gasteiger partial charge in [-0.1, -0.05) is 28.1 Å². The molecule has 1 aliphatic heterocycles. The molecule has 2 N–H and O–H groups in total. The minimum Gasteiger partial charge on any atom is -0.326 e. The number of hydrogen-bond donors (Lipinski definition) is 1. The largest absolute Gasteiger partial charge is 0.326 e. The molecule has 2 atom stereocenters. The molecule has 0 amide bonds. The summed E-state index contributed by atoms with van der Waals surface area (Å²) in [4.78, 5) is 5.20. The summed E-state index contributed by atoms with van der Waals surface area (Å²) >= 11 is 3.51. The molecule has 0 bridgehead atoms. The molecule has 116 valence electrons. The van der Waals surface area contributed by atoms with Crippen molar-refractivity contribution in [3.05, 3.63) is 34.3 Å². The Labute approximate surface area is 136 Å². The Morgan fingerprint density at radius 1 is 1.14 bits per heavy atom. The number of rotatable bonds is 5. The molecule has 3 nitrogen and oxygen atoms in total. The fourth-order valence-corrected chi connectivity index (χ4v) is 3.66. The summed E-state index contributed by atoms with van der Waals surface area (Å²) in [6, 6.07) is 9.13. The number of benzene rings is 1. The first-order valence-electron chi connectivity index (χ1n) is 8.11. The maximum absolute atomic E-state index is 6.30. The number of piperazine rings is 1. The fraction of sp³-hybridized carbons (Fsp3) is 0.647. The van der Waals surface area contributed by atoms with Crippen molar-refractivity contribution in [3.63, 3.8) is 0 Å². The van der Waals surface area contributed by atoms with Crippen LogP contribution in [0.1, 0.15) is 31.4 Å². The lowest BCUT2D eigenvalue weighted by molar-refractivity contribution is 0.0842. The van der Waals surface area contributed by atoms with Gasteiger partial charge in [0, 0.05) is 49.3 Å². The number of nitrogens with two attached hydrogens (primary N) is 1. The molecule has 1 aromatic rings. The first-order chi connectivity index (χ1) is 10.1. The Bertz CT molecular complexity index is 448. The SMILES string of the molecule is CC(N)C(c1ccc(Br)cc1)N1CCN(CC2CC2)CC1. The van der Waals surface area contributed by atoms with Gasteiger partial charge >= 0.3 is 0 Å². The molecule has 2 aliphatic rings. The third-order valence-electron chi connectivity index (χ3n) is 4.72. The predicted molar refractivity (Wildman–Crippen MR) is 91.3 cm³/mol. The van der Waals surface area contributed by atoms with Crippen LogP contribution in [0.25, 0.3) is 0 Å². The van der Waals surface area contributed by atoms with Gasteiger partial charge in [0.05, 0.1) is 0 Å². The molecule has 0 spiro atoms.